The minimum atomic E-state index is 0.137. The van der Waals surface area contributed by atoms with Gasteiger partial charge in [0.15, 0.2) is 5.82 Å². The second kappa shape index (κ2) is 9.82. The molecule has 0 atom stereocenters. The molecule has 2 heterocycles. The first-order valence-electron chi connectivity index (χ1n) is 9.87. The lowest BCUT2D eigenvalue weighted by Gasteiger charge is -2.19. The summed E-state index contributed by atoms with van der Waals surface area (Å²) in [7, 11) is 0. The predicted molar refractivity (Wildman–Crippen MR) is 111 cm³/mol. The van der Waals surface area contributed by atoms with E-state index in [-0.39, 0.29) is 12.5 Å². The standard InChI is InChI=1S/C20H29N5O2S/c1-15(2)16-7-9-17(10-8-16)27-13-18-22-23-20(25(18)21)28-14-19(26)24-11-5-3-4-6-12-24/h7-10,15H,3-6,11-14,21H2,1-2H3. The molecule has 3 rings (SSSR count). The monoisotopic (exact) mass is 403 g/mol. The number of nitrogens with zero attached hydrogens (tertiary/aromatic N) is 4. The maximum Gasteiger partial charge on any atom is 0.233 e. The normalized spacial score (nSPS) is 14.9. The van der Waals surface area contributed by atoms with E-state index in [0.717, 1.165) is 31.7 Å². The molecule has 0 aliphatic carbocycles. The highest BCUT2D eigenvalue weighted by Gasteiger charge is 2.18. The fourth-order valence-corrected chi connectivity index (χ4v) is 3.92. The highest BCUT2D eigenvalue weighted by atomic mass is 32.2. The molecule has 1 fully saturated rings. The second-order valence-corrected chi connectivity index (χ2v) is 8.31. The molecule has 152 valence electrons. The minimum absolute atomic E-state index is 0.137. The lowest BCUT2D eigenvalue weighted by atomic mass is 10.0. The molecule has 8 heteroatoms. The van der Waals surface area contributed by atoms with Crippen LogP contribution < -0.4 is 10.6 Å². The number of ether oxygens (including phenoxy) is 1. The van der Waals surface area contributed by atoms with Crippen LogP contribution in [-0.2, 0) is 11.4 Å². The number of hydrogen-bond donors (Lipinski definition) is 1. The van der Waals surface area contributed by atoms with Crippen LogP contribution in [0.5, 0.6) is 5.75 Å². The predicted octanol–water partition coefficient (Wildman–Crippen LogP) is 3.19. The van der Waals surface area contributed by atoms with Crippen molar-refractivity contribution in [2.45, 2.75) is 57.2 Å². The number of nitrogens with two attached hydrogens (primary N) is 1. The van der Waals surface area contributed by atoms with E-state index in [9.17, 15) is 4.79 Å². The van der Waals surface area contributed by atoms with Gasteiger partial charge in [0.25, 0.3) is 0 Å². The lowest BCUT2D eigenvalue weighted by molar-refractivity contribution is -0.128. The third-order valence-corrected chi connectivity index (χ3v) is 5.86. The average Bonchev–Trinajstić information content (AvgIpc) is 2.89. The molecule has 0 spiro atoms. The van der Waals surface area contributed by atoms with E-state index in [4.69, 9.17) is 10.6 Å². The lowest BCUT2D eigenvalue weighted by Crippen LogP contribution is -2.33. The number of rotatable bonds is 7. The van der Waals surface area contributed by atoms with Crippen molar-refractivity contribution in [1.82, 2.24) is 19.8 Å². The van der Waals surface area contributed by atoms with Crippen molar-refractivity contribution in [2.75, 3.05) is 24.7 Å². The zero-order valence-corrected chi connectivity index (χ0v) is 17.5. The maximum atomic E-state index is 12.4. The molecule has 1 saturated heterocycles. The van der Waals surface area contributed by atoms with Crippen molar-refractivity contribution in [1.29, 1.82) is 0 Å². The van der Waals surface area contributed by atoms with Crippen molar-refractivity contribution in [3.63, 3.8) is 0 Å². The molecule has 0 radical (unpaired) electrons. The molecule has 1 aliphatic heterocycles. The zero-order chi connectivity index (χ0) is 19.9. The van der Waals surface area contributed by atoms with Gasteiger partial charge in [-0.3, -0.25) is 4.79 Å². The van der Waals surface area contributed by atoms with Crippen LogP contribution in [0.1, 0.15) is 56.8 Å². The number of likely N-dealkylation sites (tertiary alicyclic amines) is 1. The van der Waals surface area contributed by atoms with Gasteiger partial charge < -0.3 is 15.5 Å². The number of hydrogen-bond acceptors (Lipinski definition) is 6. The molecule has 1 aliphatic rings. The van der Waals surface area contributed by atoms with Gasteiger partial charge in [-0.15, -0.1) is 10.2 Å². The molecule has 0 unspecified atom stereocenters. The van der Waals surface area contributed by atoms with Crippen molar-refractivity contribution < 1.29 is 9.53 Å². The summed E-state index contributed by atoms with van der Waals surface area (Å²) in [5.41, 5.74) is 1.27. The summed E-state index contributed by atoms with van der Waals surface area (Å²) >= 11 is 1.32. The number of amides is 1. The van der Waals surface area contributed by atoms with E-state index in [1.54, 1.807) is 0 Å². The largest absolute Gasteiger partial charge is 0.486 e. The number of aromatic nitrogens is 3. The summed E-state index contributed by atoms with van der Waals surface area (Å²) in [5, 5.41) is 8.73. The molecule has 1 aromatic carbocycles. The van der Waals surface area contributed by atoms with E-state index in [1.807, 2.05) is 17.0 Å². The summed E-state index contributed by atoms with van der Waals surface area (Å²) < 4.78 is 7.17. The number of thioether (sulfide) groups is 1. The Kier molecular flexibility index (Phi) is 7.19. The first-order valence-corrected chi connectivity index (χ1v) is 10.9. The Bertz CT molecular complexity index is 767. The number of carbonyl (C=O) groups is 1. The van der Waals surface area contributed by atoms with Crippen molar-refractivity contribution in [2.24, 2.45) is 0 Å². The Labute approximate surface area is 170 Å². The highest BCUT2D eigenvalue weighted by Crippen LogP contribution is 2.20. The number of carbonyl (C=O) groups excluding carboxylic acids is 1. The van der Waals surface area contributed by atoms with Gasteiger partial charge in [0.2, 0.25) is 11.1 Å². The van der Waals surface area contributed by atoms with Crippen molar-refractivity contribution >= 4 is 17.7 Å². The molecular formula is C20H29N5O2S. The van der Waals surface area contributed by atoms with E-state index in [0.29, 0.717) is 22.7 Å². The molecule has 0 bridgehead atoms. The van der Waals surface area contributed by atoms with Crippen LogP contribution >= 0.6 is 11.8 Å². The van der Waals surface area contributed by atoms with Crippen LogP contribution in [0.25, 0.3) is 0 Å². The summed E-state index contributed by atoms with van der Waals surface area (Å²) in [6.07, 6.45) is 4.58. The summed E-state index contributed by atoms with van der Waals surface area (Å²) in [6, 6.07) is 8.01. The van der Waals surface area contributed by atoms with Gasteiger partial charge >= 0.3 is 0 Å². The van der Waals surface area contributed by atoms with Crippen LogP contribution in [0.3, 0.4) is 0 Å². The van der Waals surface area contributed by atoms with Gasteiger partial charge in [0.1, 0.15) is 12.4 Å². The van der Waals surface area contributed by atoms with Crippen molar-refractivity contribution in [3.8, 4) is 5.75 Å². The molecule has 28 heavy (non-hydrogen) atoms. The molecule has 0 saturated carbocycles. The van der Waals surface area contributed by atoms with Gasteiger partial charge in [-0.1, -0.05) is 50.6 Å². The third-order valence-electron chi connectivity index (χ3n) is 4.93. The molecule has 1 aromatic heterocycles. The summed E-state index contributed by atoms with van der Waals surface area (Å²) in [6.45, 7) is 6.24. The van der Waals surface area contributed by atoms with Gasteiger partial charge in [-0.05, 0) is 36.5 Å². The Balaban J connectivity index is 1.51. The van der Waals surface area contributed by atoms with Crippen molar-refractivity contribution in [3.05, 3.63) is 35.7 Å². The fraction of sp³-hybridized carbons (Fsp3) is 0.550. The Morgan fingerprint density at radius 2 is 1.82 bits per heavy atom. The smallest absolute Gasteiger partial charge is 0.233 e. The van der Waals surface area contributed by atoms with Crippen LogP contribution in [-0.4, -0.2) is 44.5 Å². The van der Waals surface area contributed by atoms with Crippen LogP contribution in [0.15, 0.2) is 29.4 Å². The molecule has 2 aromatic rings. The van der Waals surface area contributed by atoms with Gasteiger partial charge in [-0.25, -0.2) is 4.68 Å². The second-order valence-electron chi connectivity index (χ2n) is 7.36. The minimum Gasteiger partial charge on any atom is -0.486 e. The Hall–Kier alpha value is -2.22. The molecule has 7 nitrogen and oxygen atoms in total. The Morgan fingerprint density at radius 1 is 1.14 bits per heavy atom. The zero-order valence-electron chi connectivity index (χ0n) is 16.6. The Morgan fingerprint density at radius 3 is 2.46 bits per heavy atom. The quantitative estimate of drug-likeness (QED) is 0.564. The first-order chi connectivity index (χ1) is 13.5. The number of nitrogen functional groups attached to an aromatic ring is 1. The van der Waals surface area contributed by atoms with E-state index in [1.165, 1.54) is 34.8 Å². The topological polar surface area (TPSA) is 86.3 Å². The number of benzene rings is 1. The average molecular weight is 404 g/mol. The molecular weight excluding hydrogens is 374 g/mol. The summed E-state index contributed by atoms with van der Waals surface area (Å²) in [4.78, 5) is 14.4. The molecule has 1 amide bonds. The van der Waals surface area contributed by atoms with Crippen LogP contribution in [0, 0.1) is 0 Å². The molecule has 2 N–H and O–H groups in total. The van der Waals surface area contributed by atoms with Gasteiger partial charge in [-0.2, -0.15) is 0 Å². The van der Waals surface area contributed by atoms with E-state index in [2.05, 4.69) is 36.2 Å². The third kappa shape index (κ3) is 5.41. The van der Waals surface area contributed by atoms with Gasteiger partial charge in [0.05, 0.1) is 5.75 Å². The maximum absolute atomic E-state index is 12.4. The SMILES string of the molecule is CC(C)c1ccc(OCc2nnc(SCC(=O)N3CCCCCC3)n2N)cc1. The van der Waals surface area contributed by atoms with Gasteiger partial charge in [0, 0.05) is 13.1 Å². The first kappa shape index (κ1) is 20.5. The van der Waals surface area contributed by atoms with E-state index < -0.39 is 0 Å². The van der Waals surface area contributed by atoms with E-state index >= 15 is 0 Å². The van der Waals surface area contributed by atoms with Crippen LogP contribution in [0.4, 0.5) is 0 Å². The fourth-order valence-electron chi connectivity index (χ4n) is 3.14. The van der Waals surface area contributed by atoms with Crippen LogP contribution in [0.2, 0.25) is 0 Å². The highest BCUT2D eigenvalue weighted by molar-refractivity contribution is 7.99. The summed E-state index contributed by atoms with van der Waals surface area (Å²) in [5.74, 6) is 8.32.